The van der Waals surface area contributed by atoms with Crippen molar-refractivity contribution in [2.24, 2.45) is 0 Å². The van der Waals surface area contributed by atoms with Crippen LogP contribution in [0.5, 0.6) is 0 Å². The summed E-state index contributed by atoms with van der Waals surface area (Å²) in [6, 6.07) is 0. The van der Waals surface area contributed by atoms with Crippen LogP contribution >= 0.6 is 0 Å². The Labute approximate surface area is 65.1 Å². The Kier molecular flexibility index (Phi) is 4.37. The van der Waals surface area contributed by atoms with Crippen molar-refractivity contribution in [2.45, 2.75) is 12.5 Å². The fourth-order valence-corrected chi connectivity index (χ4v) is 0.522. The van der Waals surface area contributed by atoms with E-state index in [1.807, 2.05) is 0 Å². The van der Waals surface area contributed by atoms with E-state index < -0.39 is 0 Å². The predicted molar refractivity (Wildman–Crippen MR) is 28.6 cm³/mol. The van der Waals surface area contributed by atoms with Gasteiger partial charge in [0.15, 0.2) is 0 Å². The molecule has 0 aromatic heterocycles. The van der Waals surface area contributed by atoms with Crippen molar-refractivity contribution in [3.05, 3.63) is 0 Å². The van der Waals surface area contributed by atoms with Gasteiger partial charge in [0, 0.05) is 6.61 Å². The van der Waals surface area contributed by atoms with Gasteiger partial charge in [-0.3, -0.25) is 0 Å². The van der Waals surface area contributed by atoms with Crippen LogP contribution in [0.1, 0.15) is 6.42 Å². The second-order valence-corrected chi connectivity index (χ2v) is 1.52. The van der Waals surface area contributed by atoms with Crippen molar-refractivity contribution in [1.82, 2.24) is 0 Å². The summed E-state index contributed by atoms with van der Waals surface area (Å²) in [6.07, 6.45) is 0.644. The van der Waals surface area contributed by atoms with Crippen LogP contribution in [0.25, 0.3) is 0 Å². The van der Waals surface area contributed by atoms with E-state index in [0.29, 0.717) is 6.61 Å². The van der Waals surface area contributed by atoms with Gasteiger partial charge in [0.2, 0.25) is 0 Å². The molecule has 0 unspecified atom stereocenters. The molecule has 1 rings (SSSR count). The molecule has 1 aliphatic heterocycles. The number of rotatable bonds is 0. The van der Waals surface area contributed by atoms with Crippen LogP contribution in [-0.4, -0.2) is 54.0 Å². The number of aliphatic hydroxyl groups excluding tert-OH is 1. The molecular weight excluding hydrogens is 103 g/mol. The van der Waals surface area contributed by atoms with Gasteiger partial charge in [-0.25, -0.2) is 0 Å². The topological polar surface area (TPSA) is 29.5 Å². The van der Waals surface area contributed by atoms with E-state index in [2.05, 4.69) is 0 Å². The Hall–Kier alpha value is 0.920. The monoisotopic (exact) mass is 112 g/mol. The molecule has 0 radical (unpaired) electrons. The zero-order chi connectivity index (χ0) is 4.41. The average Bonchev–Trinajstić information content (AvgIpc) is 1.86. The first-order valence-electron chi connectivity index (χ1n) is 2.15. The van der Waals surface area contributed by atoms with E-state index in [9.17, 15) is 0 Å². The van der Waals surface area contributed by atoms with Crippen molar-refractivity contribution in [3.8, 4) is 0 Å². The maximum absolute atomic E-state index is 8.60. The van der Waals surface area contributed by atoms with E-state index in [1.165, 1.54) is 0 Å². The molecule has 0 aliphatic carbocycles. The third-order valence-corrected chi connectivity index (χ3v) is 0.906. The molecule has 1 fully saturated rings. The van der Waals surface area contributed by atoms with Gasteiger partial charge in [0.1, 0.15) is 0 Å². The summed E-state index contributed by atoms with van der Waals surface area (Å²) in [5.41, 5.74) is 0. The van der Waals surface area contributed by atoms with E-state index in [1.54, 1.807) is 0 Å². The SMILES string of the molecule is O[C@H]1CCOC1.[NaH]. The van der Waals surface area contributed by atoms with Crippen LogP contribution in [0.2, 0.25) is 0 Å². The molecule has 0 spiro atoms. The van der Waals surface area contributed by atoms with Crippen LogP contribution in [0, 0.1) is 0 Å². The third kappa shape index (κ3) is 2.67. The number of hydrogen-bond donors (Lipinski definition) is 1. The molecule has 0 aromatic carbocycles. The molecular formula is C4H9NaO2. The van der Waals surface area contributed by atoms with Crippen molar-refractivity contribution in [1.29, 1.82) is 0 Å². The van der Waals surface area contributed by atoms with Gasteiger partial charge in [0.25, 0.3) is 0 Å². The van der Waals surface area contributed by atoms with Crippen LogP contribution in [-0.2, 0) is 4.74 Å². The number of hydrogen-bond acceptors (Lipinski definition) is 2. The minimum absolute atomic E-state index is 0. The molecule has 1 aliphatic rings. The fraction of sp³-hybridized carbons (Fsp3) is 1.00. The average molecular weight is 112 g/mol. The van der Waals surface area contributed by atoms with Crippen molar-refractivity contribution >= 4 is 29.6 Å². The molecule has 1 atom stereocenters. The van der Waals surface area contributed by atoms with E-state index >= 15 is 0 Å². The van der Waals surface area contributed by atoms with Crippen LogP contribution in [0.3, 0.4) is 0 Å². The standard InChI is InChI=1S/C4H8O2.Na.H/c5-4-1-2-6-3-4;;/h4-5H,1-3H2;;/t4-;;/m0../s1. The van der Waals surface area contributed by atoms with Gasteiger partial charge in [-0.05, 0) is 6.42 Å². The first-order valence-corrected chi connectivity index (χ1v) is 2.15. The summed E-state index contributed by atoms with van der Waals surface area (Å²) in [5, 5.41) is 8.60. The molecule has 7 heavy (non-hydrogen) atoms. The molecule has 0 saturated carbocycles. The molecule has 1 saturated heterocycles. The van der Waals surface area contributed by atoms with E-state index in [4.69, 9.17) is 9.84 Å². The van der Waals surface area contributed by atoms with Gasteiger partial charge < -0.3 is 9.84 Å². The summed E-state index contributed by atoms with van der Waals surface area (Å²) in [5.74, 6) is 0. The fourth-order valence-electron chi connectivity index (χ4n) is 0.522. The quantitative estimate of drug-likeness (QED) is 0.412. The Balaban J connectivity index is 0.000000360. The first kappa shape index (κ1) is 7.92. The number of ether oxygens (including phenoxy) is 1. The van der Waals surface area contributed by atoms with Gasteiger partial charge >= 0.3 is 29.6 Å². The summed E-state index contributed by atoms with van der Waals surface area (Å²) in [7, 11) is 0. The second kappa shape index (κ2) is 3.87. The zero-order valence-corrected chi connectivity index (χ0v) is 3.55. The van der Waals surface area contributed by atoms with Crippen LogP contribution in [0.4, 0.5) is 0 Å². The summed E-state index contributed by atoms with van der Waals surface area (Å²) >= 11 is 0. The Morgan fingerprint density at radius 1 is 1.57 bits per heavy atom. The van der Waals surface area contributed by atoms with Crippen molar-refractivity contribution in [2.75, 3.05) is 13.2 Å². The van der Waals surface area contributed by atoms with Crippen LogP contribution in [0.15, 0.2) is 0 Å². The van der Waals surface area contributed by atoms with Gasteiger partial charge in [-0.1, -0.05) is 0 Å². The molecule has 0 bridgehead atoms. The molecule has 0 amide bonds. The molecule has 1 N–H and O–H groups in total. The summed E-state index contributed by atoms with van der Waals surface area (Å²) < 4.78 is 4.81. The maximum atomic E-state index is 8.60. The van der Waals surface area contributed by atoms with Gasteiger partial charge in [-0.2, -0.15) is 0 Å². The minimum atomic E-state index is -0.176. The predicted octanol–water partition coefficient (Wildman–Crippen LogP) is -0.881. The Morgan fingerprint density at radius 2 is 2.29 bits per heavy atom. The summed E-state index contributed by atoms with van der Waals surface area (Å²) in [6.45, 7) is 1.28. The molecule has 3 heteroatoms. The second-order valence-electron chi connectivity index (χ2n) is 1.52. The Morgan fingerprint density at radius 3 is 2.43 bits per heavy atom. The molecule has 0 aromatic rings. The molecule has 38 valence electrons. The van der Waals surface area contributed by atoms with Gasteiger partial charge in [0.05, 0.1) is 12.7 Å². The van der Waals surface area contributed by atoms with Crippen LogP contribution < -0.4 is 0 Å². The Bertz CT molecular complexity index is 43.0. The van der Waals surface area contributed by atoms with E-state index in [0.717, 1.165) is 13.0 Å². The van der Waals surface area contributed by atoms with Crippen molar-refractivity contribution < 1.29 is 9.84 Å². The van der Waals surface area contributed by atoms with Crippen molar-refractivity contribution in [3.63, 3.8) is 0 Å². The molecule has 1 heterocycles. The molecule has 2 nitrogen and oxygen atoms in total. The zero-order valence-electron chi connectivity index (χ0n) is 3.55. The number of aliphatic hydroxyl groups is 1. The third-order valence-electron chi connectivity index (χ3n) is 0.906. The normalized spacial score (nSPS) is 29.6. The van der Waals surface area contributed by atoms with E-state index in [-0.39, 0.29) is 35.7 Å². The first-order chi connectivity index (χ1) is 2.89. The summed E-state index contributed by atoms with van der Waals surface area (Å²) in [4.78, 5) is 0. The van der Waals surface area contributed by atoms with Gasteiger partial charge in [-0.15, -0.1) is 0 Å².